The van der Waals surface area contributed by atoms with E-state index in [0.29, 0.717) is 17.2 Å². The molecule has 0 aromatic heterocycles. The summed E-state index contributed by atoms with van der Waals surface area (Å²) in [5, 5.41) is 61.2. The number of phenolic OH excluding ortho intramolecular Hbond substituents is 4. The van der Waals surface area contributed by atoms with Gasteiger partial charge < -0.3 is 41.3 Å². The molecule has 12 heteroatoms. The Labute approximate surface area is 226 Å². The summed E-state index contributed by atoms with van der Waals surface area (Å²) in [6, 6.07) is 11.5. The van der Waals surface area contributed by atoms with Gasteiger partial charge in [0.1, 0.15) is 0 Å². The van der Waals surface area contributed by atoms with Crippen LogP contribution in [0.3, 0.4) is 0 Å². The van der Waals surface area contributed by atoms with Crippen LogP contribution in [-0.4, -0.2) is 54.2 Å². The maximum Gasteiger partial charge on any atom is 0.371 e. The normalized spacial score (nSPS) is 11.4. The summed E-state index contributed by atoms with van der Waals surface area (Å²) >= 11 is 0. The number of carboxylic acids is 1. The van der Waals surface area contributed by atoms with E-state index in [4.69, 9.17) is 5.11 Å². The van der Waals surface area contributed by atoms with Gasteiger partial charge >= 0.3 is 5.97 Å². The maximum absolute atomic E-state index is 12.5. The van der Waals surface area contributed by atoms with Gasteiger partial charge in [-0.05, 0) is 65.7 Å². The largest absolute Gasteiger partial charge is 0.504 e. The predicted octanol–water partition coefficient (Wildman–Crippen LogP) is 3.52. The highest BCUT2D eigenvalue weighted by molar-refractivity contribution is 6.11. The molecule has 0 fully saturated rings. The molecule has 204 valence electrons. The second-order valence-electron chi connectivity index (χ2n) is 8.14. The van der Waals surface area contributed by atoms with E-state index in [1.54, 1.807) is 0 Å². The average molecular weight is 546 g/mol. The standard InChI is InChI=1S/C28H22N2O10/c31-20-5-1-15(9-23(20)34)3-7-26(37)29-18-11-17(22(33)14-25(36)28(39)40)12-19(13-18)30-27(38)8-4-16-2-6-21(32)24(35)10-16/h1-14,31-32,34-36H,(H,29,37)(H,30,38)(H,39,40)/b7-3+,8-4+,25-14-. The molecule has 2 amide bonds. The molecule has 0 aliphatic heterocycles. The fraction of sp³-hybridized carbons (Fsp3) is 0. The van der Waals surface area contributed by atoms with Gasteiger partial charge in [0.15, 0.2) is 28.8 Å². The summed E-state index contributed by atoms with van der Waals surface area (Å²) in [4.78, 5) is 48.4. The van der Waals surface area contributed by atoms with Gasteiger partial charge in [-0.1, -0.05) is 12.1 Å². The molecular weight excluding hydrogens is 524 g/mol. The number of rotatable bonds is 9. The minimum atomic E-state index is -1.73. The topological polar surface area (TPSA) is 214 Å². The highest BCUT2D eigenvalue weighted by atomic mass is 16.4. The van der Waals surface area contributed by atoms with E-state index in [0.717, 1.165) is 12.2 Å². The van der Waals surface area contributed by atoms with Crippen LogP contribution in [0.5, 0.6) is 23.0 Å². The lowest BCUT2D eigenvalue weighted by Crippen LogP contribution is -2.12. The van der Waals surface area contributed by atoms with Gasteiger partial charge in [-0.25, -0.2) is 4.79 Å². The molecule has 3 aromatic carbocycles. The van der Waals surface area contributed by atoms with E-state index in [9.17, 15) is 44.7 Å². The van der Waals surface area contributed by atoms with E-state index in [1.165, 1.54) is 66.7 Å². The number of anilines is 2. The Morgan fingerprint density at radius 3 is 1.45 bits per heavy atom. The van der Waals surface area contributed by atoms with Crippen LogP contribution < -0.4 is 10.6 Å². The maximum atomic E-state index is 12.5. The first-order valence-electron chi connectivity index (χ1n) is 11.3. The second-order valence-corrected chi connectivity index (χ2v) is 8.14. The van der Waals surface area contributed by atoms with E-state index in [1.807, 2.05) is 0 Å². The number of hydrogen-bond donors (Lipinski definition) is 8. The zero-order chi connectivity index (χ0) is 29.4. The molecule has 40 heavy (non-hydrogen) atoms. The van der Waals surface area contributed by atoms with Crippen molar-refractivity contribution in [3.05, 3.63) is 95.3 Å². The summed E-state index contributed by atoms with van der Waals surface area (Å²) in [5.74, 6) is -6.68. The monoisotopic (exact) mass is 546 g/mol. The van der Waals surface area contributed by atoms with Gasteiger partial charge in [-0.3, -0.25) is 14.4 Å². The number of benzene rings is 3. The quantitative estimate of drug-likeness (QED) is 0.0846. The molecule has 0 heterocycles. The number of aromatic hydroxyl groups is 4. The number of carboxylic acid groups (broad SMARTS) is 1. The molecule has 0 aliphatic rings. The lowest BCUT2D eigenvalue weighted by atomic mass is 10.1. The van der Waals surface area contributed by atoms with Crippen molar-refractivity contribution in [2.24, 2.45) is 0 Å². The zero-order valence-corrected chi connectivity index (χ0v) is 20.4. The van der Waals surface area contributed by atoms with Gasteiger partial charge in [0.2, 0.25) is 17.6 Å². The van der Waals surface area contributed by atoms with Crippen molar-refractivity contribution in [1.29, 1.82) is 0 Å². The first-order chi connectivity index (χ1) is 18.9. The molecule has 8 N–H and O–H groups in total. The molecule has 0 aliphatic carbocycles. The van der Waals surface area contributed by atoms with Crippen molar-refractivity contribution in [2.45, 2.75) is 0 Å². The smallest absolute Gasteiger partial charge is 0.371 e. The predicted molar refractivity (Wildman–Crippen MR) is 144 cm³/mol. The number of ketones is 1. The SMILES string of the molecule is O=C(/C=C/c1ccc(O)c(O)c1)Nc1cc(NC(=O)/C=C/c2ccc(O)c(O)c2)cc(C(=O)/C=C(\O)C(=O)O)c1. The number of allylic oxidation sites excluding steroid dienone is 1. The first-order valence-corrected chi connectivity index (χ1v) is 11.3. The van der Waals surface area contributed by atoms with Crippen LogP contribution in [0.4, 0.5) is 11.4 Å². The molecule has 0 atom stereocenters. The summed E-state index contributed by atoms with van der Waals surface area (Å²) in [7, 11) is 0. The second kappa shape index (κ2) is 12.5. The van der Waals surface area contributed by atoms with Gasteiger partial charge in [0.25, 0.3) is 0 Å². The lowest BCUT2D eigenvalue weighted by Gasteiger charge is -2.10. The summed E-state index contributed by atoms with van der Waals surface area (Å²) in [6.45, 7) is 0. The summed E-state index contributed by atoms with van der Waals surface area (Å²) < 4.78 is 0. The Bertz CT molecular complexity index is 1490. The lowest BCUT2D eigenvalue weighted by molar-refractivity contribution is -0.135. The number of nitrogens with one attached hydrogen (secondary N) is 2. The first kappa shape index (κ1) is 28.5. The third-order valence-corrected chi connectivity index (χ3v) is 5.09. The molecule has 0 unspecified atom stereocenters. The van der Waals surface area contributed by atoms with Crippen molar-refractivity contribution in [3.63, 3.8) is 0 Å². The zero-order valence-electron chi connectivity index (χ0n) is 20.4. The third-order valence-electron chi connectivity index (χ3n) is 5.09. The van der Waals surface area contributed by atoms with Crippen LogP contribution >= 0.6 is 0 Å². The van der Waals surface area contributed by atoms with E-state index in [2.05, 4.69) is 10.6 Å². The number of aliphatic hydroxyl groups excluding tert-OH is 1. The van der Waals surface area contributed by atoms with Crippen molar-refractivity contribution < 1.29 is 49.8 Å². The number of carbonyl (C=O) groups excluding carboxylic acids is 3. The minimum Gasteiger partial charge on any atom is -0.504 e. The summed E-state index contributed by atoms with van der Waals surface area (Å²) in [5.41, 5.74) is 0.663. The Hall–Kier alpha value is -6.04. The number of amides is 2. The van der Waals surface area contributed by atoms with Crippen molar-refractivity contribution in [3.8, 4) is 23.0 Å². The molecule has 12 nitrogen and oxygen atoms in total. The fourth-order valence-corrected chi connectivity index (χ4v) is 3.18. The van der Waals surface area contributed by atoms with Gasteiger partial charge in [-0.2, -0.15) is 0 Å². The number of hydrogen-bond acceptors (Lipinski definition) is 9. The Morgan fingerprint density at radius 1 is 0.600 bits per heavy atom. The van der Waals surface area contributed by atoms with E-state index < -0.39 is 29.3 Å². The van der Waals surface area contributed by atoms with Crippen molar-refractivity contribution in [2.75, 3.05) is 10.6 Å². The van der Waals surface area contributed by atoms with E-state index in [-0.39, 0.29) is 39.9 Å². The summed E-state index contributed by atoms with van der Waals surface area (Å²) in [6.07, 6.45) is 5.34. The molecule has 0 radical (unpaired) electrons. The van der Waals surface area contributed by atoms with Crippen LogP contribution in [0.25, 0.3) is 12.2 Å². The van der Waals surface area contributed by atoms with E-state index >= 15 is 0 Å². The van der Waals surface area contributed by atoms with Crippen molar-refractivity contribution in [1.82, 2.24) is 0 Å². The molecular formula is C28H22N2O10. The van der Waals surface area contributed by atoms with Crippen LogP contribution in [0.1, 0.15) is 21.5 Å². The molecule has 3 rings (SSSR count). The van der Waals surface area contributed by atoms with Gasteiger partial charge in [-0.15, -0.1) is 0 Å². The van der Waals surface area contributed by atoms with Crippen LogP contribution in [0, 0.1) is 0 Å². The highest BCUT2D eigenvalue weighted by Gasteiger charge is 2.13. The third kappa shape index (κ3) is 7.98. The Balaban J connectivity index is 1.85. The average Bonchev–Trinajstić information content (AvgIpc) is 2.89. The number of phenols is 4. The molecule has 0 spiro atoms. The number of carbonyl (C=O) groups is 4. The van der Waals surface area contributed by atoms with Crippen LogP contribution in [-0.2, 0) is 14.4 Å². The Morgan fingerprint density at radius 2 is 1.05 bits per heavy atom. The molecule has 0 saturated heterocycles. The number of aliphatic hydroxyl groups is 1. The van der Waals surface area contributed by atoms with Crippen LogP contribution in [0.2, 0.25) is 0 Å². The van der Waals surface area contributed by atoms with Crippen LogP contribution in [0.15, 0.2) is 78.6 Å². The van der Waals surface area contributed by atoms with Gasteiger partial charge in [0.05, 0.1) is 0 Å². The van der Waals surface area contributed by atoms with Crippen molar-refractivity contribution >= 4 is 47.1 Å². The molecule has 3 aromatic rings. The minimum absolute atomic E-state index is 0.0278. The number of aliphatic carboxylic acids is 1. The highest BCUT2D eigenvalue weighted by Crippen LogP contribution is 2.26. The Kier molecular flexibility index (Phi) is 8.89. The molecule has 0 saturated carbocycles. The molecule has 0 bridgehead atoms. The fourth-order valence-electron chi connectivity index (χ4n) is 3.18. The van der Waals surface area contributed by atoms with Gasteiger partial charge in [0, 0.05) is 35.2 Å².